The molecule has 2 nitrogen and oxygen atoms in total. The number of hydrogen-bond acceptors (Lipinski definition) is 2. The van der Waals surface area contributed by atoms with Crippen molar-refractivity contribution in [3.63, 3.8) is 0 Å². The summed E-state index contributed by atoms with van der Waals surface area (Å²) < 4.78 is 28.3. The first-order valence-electron chi connectivity index (χ1n) is 6.17. The summed E-state index contributed by atoms with van der Waals surface area (Å²) in [5.41, 5.74) is 1.50. The van der Waals surface area contributed by atoms with E-state index in [2.05, 4.69) is 25.9 Å². The van der Waals surface area contributed by atoms with Gasteiger partial charge < -0.3 is 0 Å². The van der Waals surface area contributed by atoms with Crippen LogP contribution in [0.1, 0.15) is 0 Å². The Hall–Kier alpha value is -2.14. The number of benzene rings is 2. The maximum Gasteiger partial charge on any atom is 0.165 e. The Kier molecular flexibility index (Phi) is 3.75. The third kappa shape index (κ3) is 2.83. The first-order valence-corrected chi connectivity index (χ1v) is 6.97. The molecule has 0 aliphatic heterocycles. The highest BCUT2D eigenvalue weighted by Gasteiger charge is 2.13. The van der Waals surface area contributed by atoms with Crippen LogP contribution in [-0.2, 0) is 0 Å². The molecule has 3 aromatic rings. The standard InChI is InChI=1S/C16H9BrF2N2/c17-12-6-4-10(5-7-12)11-8-20-16(21-9-11)15-13(18)2-1-3-14(15)19/h1-9H. The Morgan fingerprint density at radius 1 is 0.762 bits per heavy atom. The van der Waals surface area contributed by atoms with Crippen LogP contribution in [0.4, 0.5) is 8.78 Å². The van der Waals surface area contributed by atoms with Gasteiger partial charge in [-0.1, -0.05) is 34.1 Å². The average molecular weight is 347 g/mol. The number of aromatic nitrogens is 2. The highest BCUT2D eigenvalue weighted by molar-refractivity contribution is 9.10. The van der Waals surface area contributed by atoms with E-state index in [1.54, 1.807) is 12.4 Å². The first kappa shape index (κ1) is 13.8. The van der Waals surface area contributed by atoms with Crippen LogP contribution < -0.4 is 0 Å². The fourth-order valence-electron chi connectivity index (χ4n) is 1.96. The summed E-state index contributed by atoms with van der Waals surface area (Å²) in [4.78, 5) is 8.13. The number of hydrogen-bond donors (Lipinski definition) is 0. The molecule has 104 valence electrons. The number of rotatable bonds is 2. The molecule has 1 heterocycles. The molecule has 0 amide bonds. The number of nitrogens with zero attached hydrogens (tertiary/aromatic N) is 2. The molecule has 0 bridgehead atoms. The van der Waals surface area contributed by atoms with Gasteiger partial charge in [0.15, 0.2) is 5.82 Å². The van der Waals surface area contributed by atoms with Crippen molar-refractivity contribution in [2.45, 2.75) is 0 Å². The SMILES string of the molecule is Fc1cccc(F)c1-c1ncc(-c2ccc(Br)cc2)cn1. The lowest BCUT2D eigenvalue weighted by molar-refractivity contribution is 0.587. The predicted octanol–water partition coefficient (Wildman–Crippen LogP) is 4.85. The molecule has 3 rings (SSSR count). The van der Waals surface area contributed by atoms with E-state index in [1.807, 2.05) is 24.3 Å². The van der Waals surface area contributed by atoms with E-state index in [9.17, 15) is 8.78 Å². The smallest absolute Gasteiger partial charge is 0.165 e. The van der Waals surface area contributed by atoms with Crippen LogP contribution in [0.25, 0.3) is 22.5 Å². The van der Waals surface area contributed by atoms with Crippen molar-refractivity contribution in [1.29, 1.82) is 0 Å². The third-order valence-corrected chi connectivity index (χ3v) is 3.54. The van der Waals surface area contributed by atoms with Crippen molar-refractivity contribution in [2.75, 3.05) is 0 Å². The van der Waals surface area contributed by atoms with Gasteiger partial charge in [-0.2, -0.15) is 0 Å². The molecule has 2 aromatic carbocycles. The van der Waals surface area contributed by atoms with E-state index in [-0.39, 0.29) is 11.4 Å². The van der Waals surface area contributed by atoms with Gasteiger partial charge in [-0.25, -0.2) is 18.7 Å². The van der Waals surface area contributed by atoms with Crippen molar-refractivity contribution in [3.05, 3.63) is 71.0 Å². The Balaban J connectivity index is 2.00. The Morgan fingerprint density at radius 3 is 1.90 bits per heavy atom. The van der Waals surface area contributed by atoms with Crippen molar-refractivity contribution in [1.82, 2.24) is 9.97 Å². The molecule has 0 N–H and O–H groups in total. The molecular formula is C16H9BrF2N2. The Morgan fingerprint density at radius 2 is 1.33 bits per heavy atom. The molecule has 0 saturated heterocycles. The first-order chi connectivity index (χ1) is 10.1. The molecule has 0 atom stereocenters. The van der Waals surface area contributed by atoms with Crippen LogP contribution in [0.3, 0.4) is 0 Å². The summed E-state index contributed by atoms with van der Waals surface area (Å²) in [7, 11) is 0. The topological polar surface area (TPSA) is 25.8 Å². The van der Waals surface area contributed by atoms with Gasteiger partial charge in [-0.3, -0.25) is 0 Å². The lowest BCUT2D eigenvalue weighted by Gasteiger charge is -2.05. The van der Waals surface area contributed by atoms with Gasteiger partial charge in [0, 0.05) is 22.4 Å². The molecule has 0 saturated carbocycles. The van der Waals surface area contributed by atoms with Crippen LogP contribution in [-0.4, -0.2) is 9.97 Å². The molecule has 0 spiro atoms. The monoisotopic (exact) mass is 346 g/mol. The van der Waals surface area contributed by atoms with Gasteiger partial charge in [-0.15, -0.1) is 0 Å². The Bertz CT molecular complexity index is 751. The van der Waals surface area contributed by atoms with E-state index < -0.39 is 11.6 Å². The zero-order valence-corrected chi connectivity index (χ0v) is 12.3. The molecule has 0 aliphatic rings. The van der Waals surface area contributed by atoms with Gasteiger partial charge in [-0.05, 0) is 29.8 Å². The van der Waals surface area contributed by atoms with Crippen LogP contribution in [0.2, 0.25) is 0 Å². The molecular weight excluding hydrogens is 338 g/mol. The fourth-order valence-corrected chi connectivity index (χ4v) is 2.22. The van der Waals surface area contributed by atoms with Crippen molar-refractivity contribution < 1.29 is 8.78 Å². The van der Waals surface area contributed by atoms with E-state index >= 15 is 0 Å². The molecule has 1 aromatic heterocycles. The minimum atomic E-state index is -0.675. The van der Waals surface area contributed by atoms with Crippen molar-refractivity contribution >= 4 is 15.9 Å². The zero-order chi connectivity index (χ0) is 14.8. The quantitative estimate of drug-likeness (QED) is 0.662. The summed E-state index contributed by atoms with van der Waals surface area (Å²) >= 11 is 3.36. The molecule has 0 radical (unpaired) electrons. The fraction of sp³-hybridized carbons (Fsp3) is 0. The Labute approximate surface area is 128 Å². The summed E-state index contributed by atoms with van der Waals surface area (Å²) in [5.74, 6) is -1.32. The normalized spacial score (nSPS) is 10.6. The van der Waals surface area contributed by atoms with Crippen molar-refractivity contribution in [2.24, 2.45) is 0 Å². The largest absolute Gasteiger partial charge is 0.236 e. The van der Waals surface area contributed by atoms with E-state index in [0.717, 1.165) is 15.6 Å². The second-order valence-electron chi connectivity index (χ2n) is 4.40. The average Bonchev–Trinajstić information content (AvgIpc) is 2.49. The molecule has 5 heteroatoms. The second kappa shape index (κ2) is 5.69. The lowest BCUT2D eigenvalue weighted by atomic mass is 10.1. The second-order valence-corrected chi connectivity index (χ2v) is 5.31. The van der Waals surface area contributed by atoms with Crippen molar-refractivity contribution in [3.8, 4) is 22.5 Å². The van der Waals surface area contributed by atoms with Gasteiger partial charge >= 0.3 is 0 Å². The number of halogens is 3. The zero-order valence-electron chi connectivity index (χ0n) is 10.7. The van der Waals surface area contributed by atoms with Crippen LogP contribution in [0.5, 0.6) is 0 Å². The highest BCUT2D eigenvalue weighted by Crippen LogP contribution is 2.25. The van der Waals surface area contributed by atoms with E-state index in [1.165, 1.54) is 18.2 Å². The maximum atomic E-state index is 13.7. The van der Waals surface area contributed by atoms with E-state index in [0.29, 0.717) is 0 Å². The van der Waals surface area contributed by atoms with Crippen LogP contribution >= 0.6 is 15.9 Å². The maximum absolute atomic E-state index is 13.7. The summed E-state index contributed by atoms with van der Waals surface area (Å²) in [6, 6.07) is 11.3. The summed E-state index contributed by atoms with van der Waals surface area (Å²) in [6.45, 7) is 0. The highest BCUT2D eigenvalue weighted by atomic mass is 79.9. The van der Waals surface area contributed by atoms with Gasteiger partial charge in [0.1, 0.15) is 11.6 Å². The molecule has 21 heavy (non-hydrogen) atoms. The van der Waals surface area contributed by atoms with Gasteiger partial charge in [0.05, 0.1) is 5.56 Å². The summed E-state index contributed by atoms with van der Waals surface area (Å²) in [5, 5.41) is 0. The third-order valence-electron chi connectivity index (χ3n) is 3.02. The molecule has 0 unspecified atom stereocenters. The van der Waals surface area contributed by atoms with Crippen LogP contribution in [0, 0.1) is 11.6 Å². The van der Waals surface area contributed by atoms with Gasteiger partial charge in [0.2, 0.25) is 0 Å². The molecule has 0 fully saturated rings. The predicted molar refractivity (Wildman–Crippen MR) is 80.5 cm³/mol. The minimum absolute atomic E-state index is 0.0338. The lowest BCUT2D eigenvalue weighted by Crippen LogP contribution is -1.95. The molecule has 0 aliphatic carbocycles. The van der Waals surface area contributed by atoms with Gasteiger partial charge in [0.25, 0.3) is 0 Å². The van der Waals surface area contributed by atoms with E-state index in [4.69, 9.17) is 0 Å². The minimum Gasteiger partial charge on any atom is -0.236 e. The summed E-state index contributed by atoms with van der Waals surface area (Å²) in [6.07, 6.45) is 3.11. The van der Waals surface area contributed by atoms with Crippen LogP contribution in [0.15, 0.2) is 59.3 Å².